The summed E-state index contributed by atoms with van der Waals surface area (Å²) in [5.41, 5.74) is -0.822. The Kier molecular flexibility index (Phi) is 5.83. The van der Waals surface area contributed by atoms with Gasteiger partial charge in [0.05, 0.1) is 16.1 Å². The van der Waals surface area contributed by atoms with Crippen LogP contribution in [0.2, 0.25) is 5.02 Å². The zero-order valence-corrected chi connectivity index (χ0v) is 14.4. The number of hydrogen-bond acceptors (Lipinski definition) is 3. The molecule has 1 rings (SSSR count). The van der Waals surface area contributed by atoms with Gasteiger partial charge in [0.2, 0.25) is 0 Å². The number of hydrogen-bond donors (Lipinski definition) is 2. The lowest BCUT2D eigenvalue weighted by molar-refractivity contribution is 0.0469. The van der Waals surface area contributed by atoms with Crippen molar-refractivity contribution in [3.63, 3.8) is 0 Å². The molecule has 0 aromatic heterocycles. The molecule has 0 radical (unpaired) electrons. The molecule has 0 fully saturated rings. The van der Waals surface area contributed by atoms with Gasteiger partial charge in [-0.2, -0.15) is 0 Å². The highest BCUT2D eigenvalue weighted by Gasteiger charge is 2.25. The van der Waals surface area contributed by atoms with Crippen molar-refractivity contribution < 1.29 is 14.3 Å². The number of carbonyl (C=O) groups excluding carboxylic acids is 2. The zero-order valence-electron chi connectivity index (χ0n) is 13.6. The standard InChI is InChI=1S/C16H23ClN2O3/c1-15(2,3)22-14(21)19-16(4,5)10-18-13(20)11-8-6-7-9-12(11)17/h6-9H,10H2,1-5H3,(H,18,20)(H,19,21). The quantitative estimate of drug-likeness (QED) is 0.891. The molecule has 6 heteroatoms. The molecular weight excluding hydrogens is 304 g/mol. The minimum absolute atomic E-state index is 0.246. The lowest BCUT2D eigenvalue weighted by Gasteiger charge is -2.28. The third kappa shape index (κ3) is 6.35. The molecule has 5 nitrogen and oxygen atoms in total. The first-order chi connectivity index (χ1) is 10.0. The summed E-state index contributed by atoms with van der Waals surface area (Å²) in [5.74, 6) is -0.287. The fourth-order valence-corrected chi connectivity index (χ4v) is 1.89. The number of rotatable bonds is 4. The predicted octanol–water partition coefficient (Wildman–Crippen LogP) is 3.37. The van der Waals surface area contributed by atoms with Gasteiger partial charge in [-0.1, -0.05) is 23.7 Å². The molecule has 0 unspecified atom stereocenters. The predicted molar refractivity (Wildman–Crippen MR) is 87.2 cm³/mol. The molecule has 0 saturated carbocycles. The van der Waals surface area contributed by atoms with Crippen molar-refractivity contribution in [2.75, 3.05) is 6.54 Å². The van der Waals surface area contributed by atoms with Crippen LogP contribution in [0.25, 0.3) is 0 Å². The van der Waals surface area contributed by atoms with Crippen LogP contribution in [0.4, 0.5) is 4.79 Å². The Labute approximate surface area is 136 Å². The van der Waals surface area contributed by atoms with Gasteiger partial charge in [-0.3, -0.25) is 4.79 Å². The monoisotopic (exact) mass is 326 g/mol. The highest BCUT2D eigenvalue weighted by Crippen LogP contribution is 2.15. The fourth-order valence-electron chi connectivity index (χ4n) is 1.67. The first-order valence-corrected chi connectivity index (χ1v) is 7.42. The van der Waals surface area contributed by atoms with Gasteiger partial charge in [0.25, 0.3) is 5.91 Å². The third-order valence-electron chi connectivity index (χ3n) is 2.65. The van der Waals surface area contributed by atoms with Crippen LogP contribution >= 0.6 is 11.6 Å². The molecule has 122 valence electrons. The van der Waals surface area contributed by atoms with Crippen molar-refractivity contribution in [2.24, 2.45) is 0 Å². The SMILES string of the molecule is CC(C)(CNC(=O)c1ccccc1Cl)NC(=O)OC(C)(C)C. The molecule has 0 atom stereocenters. The number of carbonyl (C=O) groups is 2. The summed E-state index contributed by atoms with van der Waals surface area (Å²) >= 11 is 5.98. The lowest BCUT2D eigenvalue weighted by Crippen LogP contribution is -2.52. The summed E-state index contributed by atoms with van der Waals surface area (Å²) in [7, 11) is 0. The molecule has 22 heavy (non-hydrogen) atoms. The van der Waals surface area contributed by atoms with E-state index in [1.54, 1.807) is 58.9 Å². The lowest BCUT2D eigenvalue weighted by atomic mass is 10.1. The molecule has 0 bridgehead atoms. The molecule has 0 spiro atoms. The fraction of sp³-hybridized carbons (Fsp3) is 0.500. The van der Waals surface area contributed by atoms with Crippen LogP contribution in [0.5, 0.6) is 0 Å². The normalized spacial score (nSPS) is 11.7. The first kappa shape index (κ1) is 18.3. The first-order valence-electron chi connectivity index (χ1n) is 7.04. The Morgan fingerprint density at radius 2 is 1.73 bits per heavy atom. The van der Waals surface area contributed by atoms with E-state index in [0.717, 1.165) is 0 Å². The van der Waals surface area contributed by atoms with Gasteiger partial charge >= 0.3 is 6.09 Å². The Hall–Kier alpha value is -1.75. The van der Waals surface area contributed by atoms with Crippen LogP contribution in [-0.2, 0) is 4.74 Å². The second-order valence-corrected chi connectivity index (χ2v) is 7.08. The summed E-state index contributed by atoms with van der Waals surface area (Å²) in [6.07, 6.45) is -0.524. The maximum Gasteiger partial charge on any atom is 0.408 e. The average molecular weight is 327 g/mol. The van der Waals surface area contributed by atoms with Crippen molar-refractivity contribution in [3.8, 4) is 0 Å². The molecule has 2 amide bonds. The Balaban J connectivity index is 2.57. The average Bonchev–Trinajstić information content (AvgIpc) is 2.33. The van der Waals surface area contributed by atoms with E-state index < -0.39 is 17.2 Å². The zero-order chi connectivity index (χ0) is 17.0. The number of halogens is 1. The molecule has 0 saturated heterocycles. The second-order valence-electron chi connectivity index (χ2n) is 6.67. The molecule has 0 aliphatic carbocycles. The summed E-state index contributed by atoms with van der Waals surface area (Å²) in [5, 5.41) is 5.87. The molecule has 0 aliphatic heterocycles. The number of amides is 2. The van der Waals surface area contributed by atoms with E-state index in [1.807, 2.05) is 0 Å². The van der Waals surface area contributed by atoms with Crippen molar-refractivity contribution in [3.05, 3.63) is 34.9 Å². The summed E-state index contributed by atoms with van der Waals surface area (Å²) in [6.45, 7) is 9.21. The van der Waals surface area contributed by atoms with Crippen molar-refractivity contribution in [2.45, 2.75) is 45.8 Å². The van der Waals surface area contributed by atoms with Gasteiger partial charge in [0, 0.05) is 6.54 Å². The van der Waals surface area contributed by atoms with Crippen molar-refractivity contribution in [1.29, 1.82) is 0 Å². The Bertz CT molecular complexity index is 551. The van der Waals surface area contributed by atoms with Gasteiger partial charge in [0.15, 0.2) is 0 Å². The highest BCUT2D eigenvalue weighted by molar-refractivity contribution is 6.33. The smallest absolute Gasteiger partial charge is 0.408 e. The van der Waals surface area contributed by atoms with E-state index in [-0.39, 0.29) is 12.5 Å². The number of alkyl carbamates (subject to hydrolysis) is 1. The number of ether oxygens (including phenoxy) is 1. The summed E-state index contributed by atoms with van der Waals surface area (Å²) < 4.78 is 5.20. The maximum absolute atomic E-state index is 12.1. The van der Waals surface area contributed by atoms with Crippen LogP contribution < -0.4 is 10.6 Å². The van der Waals surface area contributed by atoms with E-state index >= 15 is 0 Å². The van der Waals surface area contributed by atoms with Crippen LogP contribution in [0.15, 0.2) is 24.3 Å². The van der Waals surface area contributed by atoms with Gasteiger partial charge in [-0.05, 0) is 46.8 Å². The number of benzene rings is 1. The van der Waals surface area contributed by atoms with Gasteiger partial charge in [-0.25, -0.2) is 4.79 Å². The van der Waals surface area contributed by atoms with Crippen LogP contribution in [0.1, 0.15) is 45.0 Å². The summed E-state index contributed by atoms with van der Waals surface area (Å²) in [6, 6.07) is 6.80. The van der Waals surface area contributed by atoms with Gasteiger partial charge < -0.3 is 15.4 Å². The minimum Gasteiger partial charge on any atom is -0.444 e. The topological polar surface area (TPSA) is 67.4 Å². The minimum atomic E-state index is -0.654. The Morgan fingerprint density at radius 1 is 1.14 bits per heavy atom. The van der Waals surface area contributed by atoms with Gasteiger partial charge in [0.1, 0.15) is 5.60 Å². The van der Waals surface area contributed by atoms with Gasteiger partial charge in [-0.15, -0.1) is 0 Å². The van der Waals surface area contributed by atoms with Crippen LogP contribution in [0, 0.1) is 0 Å². The van der Waals surface area contributed by atoms with E-state index in [1.165, 1.54) is 0 Å². The summed E-state index contributed by atoms with van der Waals surface area (Å²) in [4.78, 5) is 23.9. The van der Waals surface area contributed by atoms with E-state index in [2.05, 4.69) is 10.6 Å². The van der Waals surface area contributed by atoms with Crippen molar-refractivity contribution >= 4 is 23.6 Å². The van der Waals surface area contributed by atoms with E-state index in [4.69, 9.17) is 16.3 Å². The maximum atomic E-state index is 12.1. The molecular formula is C16H23ClN2O3. The molecule has 0 heterocycles. The largest absolute Gasteiger partial charge is 0.444 e. The van der Waals surface area contributed by atoms with Crippen LogP contribution in [0.3, 0.4) is 0 Å². The van der Waals surface area contributed by atoms with E-state index in [0.29, 0.717) is 10.6 Å². The molecule has 1 aromatic carbocycles. The number of nitrogens with one attached hydrogen (secondary N) is 2. The molecule has 0 aliphatic rings. The highest BCUT2D eigenvalue weighted by atomic mass is 35.5. The second kappa shape index (κ2) is 7.01. The van der Waals surface area contributed by atoms with E-state index in [9.17, 15) is 9.59 Å². The molecule has 2 N–H and O–H groups in total. The Morgan fingerprint density at radius 3 is 2.27 bits per heavy atom. The molecule has 1 aromatic rings. The van der Waals surface area contributed by atoms with Crippen LogP contribution in [-0.4, -0.2) is 29.7 Å². The third-order valence-corrected chi connectivity index (χ3v) is 2.98. The van der Waals surface area contributed by atoms with Crippen molar-refractivity contribution in [1.82, 2.24) is 10.6 Å².